The lowest BCUT2D eigenvalue weighted by molar-refractivity contribution is 0.893. The number of rotatable bonds is 5. The first kappa shape index (κ1) is 10.4. The van der Waals surface area contributed by atoms with E-state index in [-0.39, 0.29) is 0 Å². The molecule has 0 radical (unpaired) electrons. The van der Waals surface area contributed by atoms with Crippen LogP contribution in [0.3, 0.4) is 0 Å². The molecule has 0 fully saturated rings. The highest BCUT2D eigenvalue weighted by molar-refractivity contribution is 7.99. The lowest BCUT2D eigenvalue weighted by Crippen LogP contribution is -2.18. The molecule has 1 rings (SSSR count). The maximum Gasteiger partial charge on any atom is 0.200 e. The van der Waals surface area contributed by atoms with Crippen molar-refractivity contribution in [3.05, 3.63) is 11.9 Å². The van der Waals surface area contributed by atoms with Crippen molar-refractivity contribution in [3.63, 3.8) is 0 Å². The van der Waals surface area contributed by atoms with Crippen molar-refractivity contribution in [1.82, 2.24) is 9.97 Å². The van der Waals surface area contributed by atoms with Gasteiger partial charge in [-0.05, 0) is 19.6 Å². The lowest BCUT2D eigenvalue weighted by atomic mass is 10.4. The smallest absolute Gasteiger partial charge is 0.200 e. The van der Waals surface area contributed by atoms with Crippen LogP contribution < -0.4 is 5.32 Å². The first-order chi connectivity index (χ1) is 6.22. The van der Waals surface area contributed by atoms with Crippen LogP contribution in [0.1, 0.15) is 19.5 Å². The number of nitrogens with one attached hydrogen (secondary N) is 2. The molecule has 1 aromatic rings. The van der Waals surface area contributed by atoms with Gasteiger partial charge in [-0.1, -0.05) is 6.92 Å². The molecule has 0 aliphatic carbocycles. The second-order valence-corrected chi connectivity index (χ2v) is 4.44. The summed E-state index contributed by atoms with van der Waals surface area (Å²) in [5, 5.41) is 3.31. The van der Waals surface area contributed by atoms with Gasteiger partial charge in [0.05, 0.1) is 0 Å². The van der Waals surface area contributed by atoms with Crippen LogP contribution in [0.15, 0.2) is 6.20 Å². The summed E-state index contributed by atoms with van der Waals surface area (Å²) in [5.41, 5.74) is 1.10. The van der Waals surface area contributed by atoms with Crippen LogP contribution in [0.2, 0.25) is 0 Å². The Labute approximate surface area is 83.7 Å². The predicted octanol–water partition coefficient (Wildman–Crippen LogP) is 2.27. The SMILES string of the molecule is CCSCC(C)Nc1ncc(C)[nH]1. The van der Waals surface area contributed by atoms with E-state index >= 15 is 0 Å². The molecule has 0 aliphatic heterocycles. The molecule has 0 amide bonds. The van der Waals surface area contributed by atoms with Crippen molar-refractivity contribution < 1.29 is 0 Å². The molecule has 74 valence electrons. The fourth-order valence-electron chi connectivity index (χ4n) is 1.06. The van der Waals surface area contributed by atoms with E-state index < -0.39 is 0 Å². The standard InChI is InChI=1S/C9H17N3S/c1-4-13-6-8(3)12-9-10-5-7(2)11-9/h5,8H,4,6H2,1-3H3,(H2,10,11,12). The number of hydrogen-bond donors (Lipinski definition) is 2. The summed E-state index contributed by atoms with van der Waals surface area (Å²) in [5.74, 6) is 3.17. The van der Waals surface area contributed by atoms with Gasteiger partial charge in [0.15, 0.2) is 0 Å². The molecule has 0 spiro atoms. The Bertz CT molecular complexity index is 247. The molecule has 0 saturated carbocycles. The maximum absolute atomic E-state index is 4.19. The fourth-order valence-corrected chi connectivity index (χ4v) is 1.73. The summed E-state index contributed by atoms with van der Waals surface area (Å²) in [7, 11) is 0. The Morgan fingerprint density at radius 1 is 1.69 bits per heavy atom. The number of aromatic nitrogens is 2. The highest BCUT2D eigenvalue weighted by atomic mass is 32.2. The molecule has 0 saturated heterocycles. The van der Waals surface area contributed by atoms with Crippen molar-refractivity contribution in [2.75, 3.05) is 16.8 Å². The molecule has 3 nitrogen and oxygen atoms in total. The first-order valence-electron chi connectivity index (χ1n) is 4.58. The Balaban J connectivity index is 2.31. The highest BCUT2D eigenvalue weighted by Gasteiger charge is 2.02. The van der Waals surface area contributed by atoms with Crippen LogP contribution in [0.5, 0.6) is 0 Å². The quantitative estimate of drug-likeness (QED) is 0.764. The topological polar surface area (TPSA) is 40.7 Å². The van der Waals surface area contributed by atoms with Crippen molar-refractivity contribution in [3.8, 4) is 0 Å². The second kappa shape index (κ2) is 5.17. The average molecular weight is 199 g/mol. The van der Waals surface area contributed by atoms with E-state index in [1.54, 1.807) is 0 Å². The van der Waals surface area contributed by atoms with E-state index in [1.165, 1.54) is 5.75 Å². The lowest BCUT2D eigenvalue weighted by Gasteiger charge is -2.11. The third-order valence-corrected chi connectivity index (χ3v) is 2.80. The van der Waals surface area contributed by atoms with Crippen molar-refractivity contribution in [2.24, 2.45) is 0 Å². The van der Waals surface area contributed by atoms with Crippen LogP contribution in [0.25, 0.3) is 0 Å². The number of anilines is 1. The molecule has 0 aliphatic rings. The van der Waals surface area contributed by atoms with Gasteiger partial charge >= 0.3 is 0 Å². The zero-order valence-corrected chi connectivity index (χ0v) is 9.24. The number of nitrogens with zero attached hydrogens (tertiary/aromatic N) is 1. The number of aryl methyl sites for hydroxylation is 1. The minimum atomic E-state index is 0.468. The average Bonchev–Trinajstić information content (AvgIpc) is 2.48. The van der Waals surface area contributed by atoms with Crippen LogP contribution >= 0.6 is 11.8 Å². The van der Waals surface area contributed by atoms with Gasteiger partial charge in [0.25, 0.3) is 0 Å². The molecular weight excluding hydrogens is 182 g/mol. The van der Waals surface area contributed by atoms with Gasteiger partial charge in [0.1, 0.15) is 0 Å². The largest absolute Gasteiger partial charge is 0.353 e. The van der Waals surface area contributed by atoms with Crippen LogP contribution in [0.4, 0.5) is 5.95 Å². The zero-order valence-electron chi connectivity index (χ0n) is 8.42. The fraction of sp³-hybridized carbons (Fsp3) is 0.667. The van der Waals surface area contributed by atoms with E-state index in [1.807, 2.05) is 24.9 Å². The van der Waals surface area contributed by atoms with Gasteiger partial charge in [0.2, 0.25) is 5.95 Å². The molecule has 1 heterocycles. The minimum Gasteiger partial charge on any atom is -0.353 e. The maximum atomic E-state index is 4.19. The van der Waals surface area contributed by atoms with Crippen LogP contribution in [0, 0.1) is 6.92 Å². The Morgan fingerprint density at radius 2 is 2.46 bits per heavy atom. The van der Waals surface area contributed by atoms with Gasteiger partial charge in [-0.15, -0.1) is 0 Å². The van der Waals surface area contributed by atoms with E-state index in [0.29, 0.717) is 6.04 Å². The Kier molecular flexibility index (Phi) is 4.15. The number of aromatic amines is 1. The van der Waals surface area contributed by atoms with Crippen molar-refractivity contribution >= 4 is 17.7 Å². The third kappa shape index (κ3) is 3.72. The Morgan fingerprint density at radius 3 is 3.00 bits per heavy atom. The Hall–Kier alpha value is -0.640. The van der Waals surface area contributed by atoms with Gasteiger partial charge in [-0.25, -0.2) is 4.98 Å². The van der Waals surface area contributed by atoms with Crippen LogP contribution in [-0.2, 0) is 0 Å². The molecule has 0 bridgehead atoms. The van der Waals surface area contributed by atoms with E-state index in [9.17, 15) is 0 Å². The third-order valence-electron chi connectivity index (χ3n) is 1.66. The van der Waals surface area contributed by atoms with E-state index in [4.69, 9.17) is 0 Å². The summed E-state index contributed by atoms with van der Waals surface area (Å²) in [6.07, 6.45) is 1.84. The molecule has 1 unspecified atom stereocenters. The summed E-state index contributed by atoms with van der Waals surface area (Å²) >= 11 is 1.94. The number of thioether (sulfide) groups is 1. The van der Waals surface area contributed by atoms with Gasteiger partial charge in [0, 0.05) is 23.7 Å². The van der Waals surface area contributed by atoms with E-state index in [0.717, 1.165) is 17.4 Å². The monoisotopic (exact) mass is 199 g/mol. The molecule has 13 heavy (non-hydrogen) atoms. The molecule has 4 heteroatoms. The summed E-state index contributed by atoms with van der Waals surface area (Å²) < 4.78 is 0. The summed E-state index contributed by atoms with van der Waals surface area (Å²) in [6.45, 7) is 6.35. The predicted molar refractivity (Wildman–Crippen MR) is 59.4 cm³/mol. The number of H-pyrrole nitrogens is 1. The molecule has 2 N–H and O–H groups in total. The number of hydrogen-bond acceptors (Lipinski definition) is 3. The van der Waals surface area contributed by atoms with E-state index in [2.05, 4.69) is 29.1 Å². The summed E-state index contributed by atoms with van der Waals surface area (Å²) in [6, 6.07) is 0.468. The minimum absolute atomic E-state index is 0.468. The molecular formula is C9H17N3S. The van der Waals surface area contributed by atoms with Crippen molar-refractivity contribution in [1.29, 1.82) is 0 Å². The highest BCUT2D eigenvalue weighted by Crippen LogP contribution is 2.07. The van der Waals surface area contributed by atoms with Crippen molar-refractivity contribution in [2.45, 2.75) is 26.8 Å². The molecule has 1 aromatic heterocycles. The zero-order chi connectivity index (χ0) is 9.68. The molecule has 0 aromatic carbocycles. The van der Waals surface area contributed by atoms with Crippen LogP contribution in [-0.4, -0.2) is 27.5 Å². The second-order valence-electron chi connectivity index (χ2n) is 3.12. The first-order valence-corrected chi connectivity index (χ1v) is 5.73. The van der Waals surface area contributed by atoms with Gasteiger partial charge in [-0.3, -0.25) is 0 Å². The number of imidazole rings is 1. The van der Waals surface area contributed by atoms with Gasteiger partial charge < -0.3 is 10.3 Å². The summed E-state index contributed by atoms with van der Waals surface area (Å²) in [4.78, 5) is 7.34. The molecule has 1 atom stereocenters. The normalized spacial score (nSPS) is 12.8. The van der Waals surface area contributed by atoms with Gasteiger partial charge in [-0.2, -0.15) is 11.8 Å².